The quantitative estimate of drug-likeness (QED) is 0.732. The summed E-state index contributed by atoms with van der Waals surface area (Å²) in [5.41, 5.74) is 2.20. The number of benzene rings is 1. The summed E-state index contributed by atoms with van der Waals surface area (Å²) in [6.07, 6.45) is 2.50. The highest BCUT2D eigenvalue weighted by atomic mass is 19.1. The van der Waals surface area contributed by atoms with Crippen molar-refractivity contribution in [3.63, 3.8) is 0 Å². The molecule has 106 valence electrons. The Bertz CT molecular complexity index is 407. The molecule has 0 saturated heterocycles. The number of hydrogen-bond donors (Lipinski definition) is 1. The van der Waals surface area contributed by atoms with Gasteiger partial charge in [0.2, 0.25) is 0 Å². The van der Waals surface area contributed by atoms with E-state index < -0.39 is 0 Å². The van der Waals surface area contributed by atoms with Gasteiger partial charge < -0.3 is 15.0 Å². The molecule has 0 aliphatic heterocycles. The molecule has 1 saturated carbocycles. The van der Waals surface area contributed by atoms with Crippen LogP contribution in [0.3, 0.4) is 0 Å². The van der Waals surface area contributed by atoms with Gasteiger partial charge in [0.1, 0.15) is 5.82 Å². The van der Waals surface area contributed by atoms with E-state index >= 15 is 0 Å². The third-order valence-corrected chi connectivity index (χ3v) is 3.48. The van der Waals surface area contributed by atoms with E-state index in [1.807, 2.05) is 6.07 Å². The third-order valence-electron chi connectivity index (χ3n) is 3.48. The smallest absolute Gasteiger partial charge is 0.123 e. The molecule has 1 fully saturated rings. The van der Waals surface area contributed by atoms with E-state index in [0.717, 1.165) is 24.3 Å². The van der Waals surface area contributed by atoms with Crippen molar-refractivity contribution in [3.05, 3.63) is 29.6 Å². The van der Waals surface area contributed by atoms with Gasteiger partial charge in [0.15, 0.2) is 0 Å². The molecular weight excluding hydrogens is 243 g/mol. The molecule has 0 radical (unpaired) electrons. The van der Waals surface area contributed by atoms with Gasteiger partial charge in [-0.3, -0.25) is 0 Å². The molecule has 0 spiro atoms. The van der Waals surface area contributed by atoms with Gasteiger partial charge in [-0.15, -0.1) is 0 Å². The van der Waals surface area contributed by atoms with Gasteiger partial charge in [0.25, 0.3) is 0 Å². The summed E-state index contributed by atoms with van der Waals surface area (Å²) >= 11 is 0. The van der Waals surface area contributed by atoms with Crippen molar-refractivity contribution in [2.24, 2.45) is 0 Å². The average molecular weight is 266 g/mol. The first-order chi connectivity index (χ1) is 9.26. The SMILES string of the molecule is CCN(c1ccc(F)cc1CNCCOC)C1CC1. The van der Waals surface area contributed by atoms with Crippen molar-refractivity contribution in [1.82, 2.24) is 5.32 Å². The monoisotopic (exact) mass is 266 g/mol. The van der Waals surface area contributed by atoms with Crippen molar-refractivity contribution in [2.75, 3.05) is 31.7 Å². The maximum absolute atomic E-state index is 13.4. The second kappa shape index (κ2) is 6.87. The maximum atomic E-state index is 13.4. The van der Waals surface area contributed by atoms with Crippen LogP contribution < -0.4 is 10.2 Å². The molecule has 1 N–H and O–H groups in total. The van der Waals surface area contributed by atoms with Crippen LogP contribution in [0.4, 0.5) is 10.1 Å². The van der Waals surface area contributed by atoms with Crippen LogP contribution >= 0.6 is 0 Å². The number of halogens is 1. The van der Waals surface area contributed by atoms with E-state index in [1.54, 1.807) is 19.2 Å². The molecule has 3 nitrogen and oxygen atoms in total. The fourth-order valence-corrected chi connectivity index (χ4v) is 2.38. The van der Waals surface area contributed by atoms with Crippen molar-refractivity contribution < 1.29 is 9.13 Å². The zero-order valence-corrected chi connectivity index (χ0v) is 11.8. The second-order valence-corrected chi connectivity index (χ2v) is 4.96. The molecule has 1 aliphatic rings. The van der Waals surface area contributed by atoms with Gasteiger partial charge in [-0.25, -0.2) is 4.39 Å². The lowest BCUT2D eigenvalue weighted by molar-refractivity contribution is 0.199. The summed E-state index contributed by atoms with van der Waals surface area (Å²) in [6.45, 7) is 5.26. The molecule has 1 aliphatic carbocycles. The third kappa shape index (κ3) is 3.91. The van der Waals surface area contributed by atoms with Crippen molar-refractivity contribution in [3.8, 4) is 0 Å². The summed E-state index contributed by atoms with van der Waals surface area (Å²) < 4.78 is 18.4. The Morgan fingerprint density at radius 3 is 2.84 bits per heavy atom. The van der Waals surface area contributed by atoms with Crippen LogP contribution in [-0.2, 0) is 11.3 Å². The largest absolute Gasteiger partial charge is 0.383 e. The Morgan fingerprint density at radius 2 is 2.21 bits per heavy atom. The molecule has 0 aromatic heterocycles. The van der Waals surface area contributed by atoms with Gasteiger partial charge in [0, 0.05) is 38.5 Å². The van der Waals surface area contributed by atoms with Crippen molar-refractivity contribution in [2.45, 2.75) is 32.4 Å². The zero-order valence-electron chi connectivity index (χ0n) is 11.8. The van der Waals surface area contributed by atoms with Crippen LogP contribution in [0.2, 0.25) is 0 Å². The van der Waals surface area contributed by atoms with Crippen molar-refractivity contribution >= 4 is 5.69 Å². The molecule has 1 aromatic rings. The fourth-order valence-electron chi connectivity index (χ4n) is 2.38. The van der Waals surface area contributed by atoms with Gasteiger partial charge in [-0.1, -0.05) is 0 Å². The Balaban J connectivity index is 2.07. The lowest BCUT2D eigenvalue weighted by Gasteiger charge is -2.26. The summed E-state index contributed by atoms with van der Waals surface area (Å²) in [5, 5.41) is 3.29. The molecule has 19 heavy (non-hydrogen) atoms. The summed E-state index contributed by atoms with van der Waals surface area (Å²) in [5.74, 6) is -0.167. The lowest BCUT2D eigenvalue weighted by Crippen LogP contribution is -2.28. The fraction of sp³-hybridized carbons (Fsp3) is 0.600. The highest BCUT2D eigenvalue weighted by molar-refractivity contribution is 5.55. The molecule has 0 atom stereocenters. The maximum Gasteiger partial charge on any atom is 0.123 e. The zero-order chi connectivity index (χ0) is 13.7. The van der Waals surface area contributed by atoms with E-state index in [-0.39, 0.29) is 5.82 Å². The summed E-state index contributed by atoms with van der Waals surface area (Å²) in [7, 11) is 1.68. The van der Waals surface area contributed by atoms with Crippen molar-refractivity contribution in [1.29, 1.82) is 0 Å². The standard InChI is InChI=1S/C15H23FN2O/c1-3-18(14-5-6-14)15-7-4-13(16)10-12(15)11-17-8-9-19-2/h4,7,10,14,17H,3,5-6,8-9,11H2,1-2H3. The first-order valence-corrected chi connectivity index (χ1v) is 7.01. The van der Waals surface area contributed by atoms with Crippen LogP contribution in [0.25, 0.3) is 0 Å². The second-order valence-electron chi connectivity index (χ2n) is 4.96. The van der Waals surface area contributed by atoms with Gasteiger partial charge in [-0.2, -0.15) is 0 Å². The number of rotatable bonds is 8. The molecule has 0 heterocycles. The number of ether oxygens (including phenoxy) is 1. The Hall–Kier alpha value is -1.13. The van der Waals surface area contributed by atoms with E-state index in [0.29, 0.717) is 19.2 Å². The van der Waals surface area contributed by atoms with Crippen LogP contribution in [0.5, 0.6) is 0 Å². The minimum absolute atomic E-state index is 0.167. The highest BCUT2D eigenvalue weighted by Crippen LogP contribution is 2.33. The van der Waals surface area contributed by atoms with E-state index in [9.17, 15) is 4.39 Å². The topological polar surface area (TPSA) is 24.5 Å². The van der Waals surface area contributed by atoms with E-state index in [4.69, 9.17) is 4.74 Å². The minimum Gasteiger partial charge on any atom is -0.383 e. The van der Waals surface area contributed by atoms with Gasteiger partial charge >= 0.3 is 0 Å². The molecular formula is C15H23FN2O. The first kappa shape index (κ1) is 14.3. The minimum atomic E-state index is -0.167. The first-order valence-electron chi connectivity index (χ1n) is 7.01. The molecule has 0 amide bonds. The average Bonchev–Trinajstić information content (AvgIpc) is 3.22. The van der Waals surface area contributed by atoms with Gasteiger partial charge in [0.05, 0.1) is 6.61 Å². The molecule has 0 unspecified atom stereocenters. The number of hydrogen-bond acceptors (Lipinski definition) is 3. The molecule has 1 aromatic carbocycles. The number of anilines is 1. The molecule has 4 heteroatoms. The molecule has 2 rings (SSSR count). The Kier molecular flexibility index (Phi) is 5.16. The Morgan fingerprint density at radius 1 is 1.42 bits per heavy atom. The van der Waals surface area contributed by atoms with Crippen LogP contribution in [0.1, 0.15) is 25.3 Å². The van der Waals surface area contributed by atoms with Crippen LogP contribution in [-0.4, -0.2) is 32.8 Å². The normalized spacial score (nSPS) is 14.7. The predicted octanol–water partition coefficient (Wildman–Crippen LogP) is 2.55. The Labute approximate surface area is 114 Å². The van der Waals surface area contributed by atoms with E-state index in [2.05, 4.69) is 17.1 Å². The van der Waals surface area contributed by atoms with Crippen LogP contribution in [0.15, 0.2) is 18.2 Å². The van der Waals surface area contributed by atoms with E-state index in [1.165, 1.54) is 12.8 Å². The number of nitrogens with one attached hydrogen (secondary N) is 1. The highest BCUT2D eigenvalue weighted by Gasteiger charge is 2.29. The summed E-state index contributed by atoms with van der Waals surface area (Å²) in [4.78, 5) is 2.38. The summed E-state index contributed by atoms with van der Waals surface area (Å²) in [6, 6.07) is 5.75. The van der Waals surface area contributed by atoms with Gasteiger partial charge in [-0.05, 0) is 43.5 Å². The lowest BCUT2D eigenvalue weighted by atomic mass is 10.1. The number of methoxy groups -OCH3 is 1. The predicted molar refractivity (Wildman–Crippen MR) is 76.0 cm³/mol. The number of nitrogens with zero attached hydrogens (tertiary/aromatic N) is 1. The van der Waals surface area contributed by atoms with Crippen LogP contribution in [0, 0.1) is 5.82 Å². The molecule has 0 bridgehead atoms.